The van der Waals surface area contributed by atoms with E-state index in [0.29, 0.717) is 30.1 Å². The minimum atomic E-state index is -3.65. The molecular weight excluding hydrogens is 324 g/mol. The first kappa shape index (κ1) is 16.8. The van der Waals surface area contributed by atoms with Crippen LogP contribution in [-0.4, -0.2) is 26.9 Å². The van der Waals surface area contributed by atoms with Crippen LogP contribution in [0.2, 0.25) is 0 Å². The van der Waals surface area contributed by atoms with Gasteiger partial charge in [0.15, 0.2) is 0 Å². The SMILES string of the molecule is CCCNCCC1Oc2ccccc2N(c2ccccc2)S1(=O)=O. The van der Waals surface area contributed by atoms with Crippen molar-refractivity contribution in [1.82, 2.24) is 5.32 Å². The van der Waals surface area contributed by atoms with Gasteiger partial charge in [-0.3, -0.25) is 0 Å². The summed E-state index contributed by atoms with van der Waals surface area (Å²) in [5, 5.41) is 3.24. The highest BCUT2D eigenvalue weighted by Gasteiger charge is 2.40. The van der Waals surface area contributed by atoms with Crippen molar-refractivity contribution in [2.75, 3.05) is 17.4 Å². The zero-order chi connectivity index (χ0) is 17.0. The summed E-state index contributed by atoms with van der Waals surface area (Å²) < 4.78 is 33.4. The molecule has 1 unspecified atom stereocenters. The number of para-hydroxylation sites is 3. The van der Waals surface area contributed by atoms with Crippen molar-refractivity contribution in [1.29, 1.82) is 0 Å². The highest BCUT2D eigenvalue weighted by molar-refractivity contribution is 7.93. The monoisotopic (exact) mass is 346 g/mol. The van der Waals surface area contributed by atoms with E-state index in [1.54, 1.807) is 18.2 Å². The fraction of sp³-hybridized carbons (Fsp3) is 0.333. The van der Waals surface area contributed by atoms with Crippen molar-refractivity contribution in [3.8, 4) is 5.75 Å². The third-order valence-corrected chi connectivity index (χ3v) is 5.82. The summed E-state index contributed by atoms with van der Waals surface area (Å²) in [6.07, 6.45) is 1.41. The molecule has 1 aliphatic rings. The van der Waals surface area contributed by atoms with Gasteiger partial charge in [-0.1, -0.05) is 37.3 Å². The van der Waals surface area contributed by atoms with E-state index in [9.17, 15) is 8.42 Å². The largest absolute Gasteiger partial charge is 0.470 e. The number of benzene rings is 2. The van der Waals surface area contributed by atoms with Crippen molar-refractivity contribution in [2.24, 2.45) is 0 Å². The van der Waals surface area contributed by atoms with E-state index in [4.69, 9.17) is 4.74 Å². The Hall–Kier alpha value is -2.05. The van der Waals surface area contributed by atoms with Gasteiger partial charge < -0.3 is 10.1 Å². The maximum atomic E-state index is 13.1. The fourth-order valence-electron chi connectivity index (χ4n) is 2.76. The average molecular weight is 346 g/mol. The summed E-state index contributed by atoms with van der Waals surface area (Å²) in [7, 11) is -3.65. The quantitative estimate of drug-likeness (QED) is 0.816. The normalized spacial score (nSPS) is 18.7. The number of anilines is 2. The van der Waals surface area contributed by atoms with Crippen molar-refractivity contribution < 1.29 is 13.2 Å². The van der Waals surface area contributed by atoms with Crippen LogP contribution in [0.3, 0.4) is 0 Å². The highest BCUT2D eigenvalue weighted by Crippen LogP contribution is 2.42. The van der Waals surface area contributed by atoms with Gasteiger partial charge in [-0.05, 0) is 43.8 Å². The minimum absolute atomic E-state index is 0.403. The number of nitrogens with zero attached hydrogens (tertiary/aromatic N) is 1. The number of rotatable bonds is 6. The Labute approximate surface area is 143 Å². The summed E-state index contributed by atoms with van der Waals surface area (Å²) >= 11 is 0. The Morgan fingerprint density at radius 2 is 1.75 bits per heavy atom. The molecule has 2 aromatic carbocycles. The molecule has 0 fully saturated rings. The van der Waals surface area contributed by atoms with Crippen LogP contribution < -0.4 is 14.4 Å². The first-order chi connectivity index (χ1) is 11.6. The van der Waals surface area contributed by atoms with Crippen molar-refractivity contribution in [3.05, 3.63) is 54.6 Å². The van der Waals surface area contributed by atoms with Crippen LogP contribution in [0.5, 0.6) is 5.75 Å². The summed E-state index contributed by atoms with van der Waals surface area (Å²) in [5.74, 6) is 0.594. The second-order valence-corrected chi connectivity index (χ2v) is 7.62. The number of hydrogen-bond acceptors (Lipinski definition) is 4. The van der Waals surface area contributed by atoms with Crippen molar-refractivity contribution >= 4 is 21.4 Å². The third-order valence-electron chi connectivity index (χ3n) is 3.90. The second kappa shape index (κ2) is 7.23. The zero-order valence-electron chi connectivity index (χ0n) is 13.7. The number of hydrogen-bond donors (Lipinski definition) is 1. The Morgan fingerprint density at radius 3 is 2.50 bits per heavy atom. The van der Waals surface area contributed by atoms with Gasteiger partial charge in [0.1, 0.15) is 5.75 Å². The lowest BCUT2D eigenvalue weighted by Gasteiger charge is -2.35. The lowest BCUT2D eigenvalue weighted by molar-refractivity contribution is 0.256. The smallest absolute Gasteiger partial charge is 0.278 e. The van der Waals surface area contributed by atoms with Crippen LogP contribution in [0.1, 0.15) is 19.8 Å². The molecule has 24 heavy (non-hydrogen) atoms. The van der Waals surface area contributed by atoms with Crippen LogP contribution in [0, 0.1) is 0 Å². The van der Waals surface area contributed by atoms with Crippen molar-refractivity contribution in [3.63, 3.8) is 0 Å². The Kier molecular flexibility index (Phi) is 5.06. The molecule has 0 spiro atoms. The maximum Gasteiger partial charge on any atom is 0.278 e. The zero-order valence-corrected chi connectivity index (χ0v) is 14.5. The molecule has 0 radical (unpaired) electrons. The molecule has 0 bridgehead atoms. The predicted octanol–water partition coefficient (Wildman–Crippen LogP) is 3.26. The standard InChI is InChI=1S/C18H22N2O3S/c1-2-13-19-14-12-18-23-17-11-7-6-10-16(17)20(24(18,21)22)15-8-4-3-5-9-15/h3-11,18-19H,2,12-14H2,1H3. The summed E-state index contributed by atoms with van der Waals surface area (Å²) in [5.41, 5.74) is 0.290. The Morgan fingerprint density at radius 1 is 1.04 bits per heavy atom. The van der Waals surface area contributed by atoms with Crippen LogP contribution >= 0.6 is 0 Å². The van der Waals surface area contributed by atoms with Gasteiger partial charge >= 0.3 is 0 Å². The van der Waals surface area contributed by atoms with E-state index < -0.39 is 15.5 Å². The van der Waals surface area contributed by atoms with Gasteiger partial charge in [0.2, 0.25) is 5.44 Å². The molecule has 5 nitrogen and oxygen atoms in total. The first-order valence-electron chi connectivity index (χ1n) is 8.20. The fourth-order valence-corrected chi connectivity index (χ4v) is 4.48. The molecule has 3 rings (SSSR count). The van der Waals surface area contributed by atoms with E-state index >= 15 is 0 Å². The van der Waals surface area contributed by atoms with Crippen LogP contribution in [-0.2, 0) is 10.0 Å². The number of ether oxygens (including phenoxy) is 1. The van der Waals surface area contributed by atoms with E-state index in [-0.39, 0.29) is 0 Å². The van der Waals surface area contributed by atoms with Crippen LogP contribution in [0.4, 0.5) is 11.4 Å². The molecule has 1 heterocycles. The molecule has 128 valence electrons. The highest BCUT2D eigenvalue weighted by atomic mass is 32.2. The second-order valence-electron chi connectivity index (χ2n) is 5.70. The van der Waals surface area contributed by atoms with Crippen LogP contribution in [0.25, 0.3) is 0 Å². The molecule has 0 aliphatic carbocycles. The number of sulfonamides is 1. The van der Waals surface area contributed by atoms with Gasteiger partial charge in [-0.15, -0.1) is 0 Å². The molecule has 1 N–H and O–H groups in total. The van der Waals surface area contributed by atoms with Gasteiger partial charge in [-0.25, -0.2) is 12.7 Å². The Balaban J connectivity index is 1.96. The van der Waals surface area contributed by atoms with Crippen molar-refractivity contribution in [2.45, 2.75) is 25.2 Å². The van der Waals surface area contributed by atoms with Gasteiger partial charge in [0.25, 0.3) is 10.0 Å². The van der Waals surface area contributed by atoms with E-state index in [1.165, 1.54) is 4.31 Å². The first-order valence-corrected chi connectivity index (χ1v) is 9.70. The molecule has 0 saturated heterocycles. The third kappa shape index (κ3) is 3.25. The molecule has 0 saturated carbocycles. The van der Waals surface area contributed by atoms with E-state index in [0.717, 1.165) is 13.0 Å². The van der Waals surface area contributed by atoms with Gasteiger partial charge in [0.05, 0.1) is 11.4 Å². The molecular formula is C18H22N2O3S. The van der Waals surface area contributed by atoms with E-state index in [1.807, 2.05) is 36.4 Å². The lowest BCUT2D eigenvalue weighted by Crippen LogP contribution is -2.44. The summed E-state index contributed by atoms with van der Waals surface area (Å²) in [6, 6.07) is 16.4. The Bertz CT molecular complexity index is 778. The molecule has 2 aromatic rings. The summed E-state index contributed by atoms with van der Waals surface area (Å²) in [4.78, 5) is 0. The molecule has 0 aromatic heterocycles. The van der Waals surface area contributed by atoms with E-state index in [2.05, 4.69) is 12.2 Å². The maximum absolute atomic E-state index is 13.1. The minimum Gasteiger partial charge on any atom is -0.470 e. The van der Waals surface area contributed by atoms with Gasteiger partial charge in [0, 0.05) is 6.42 Å². The molecule has 1 aliphatic heterocycles. The molecule has 0 amide bonds. The predicted molar refractivity (Wildman–Crippen MR) is 96.1 cm³/mol. The summed E-state index contributed by atoms with van der Waals surface area (Å²) in [6.45, 7) is 3.54. The topological polar surface area (TPSA) is 58.6 Å². The molecule has 6 heteroatoms. The van der Waals surface area contributed by atoms with Crippen LogP contribution in [0.15, 0.2) is 54.6 Å². The number of nitrogens with one attached hydrogen (secondary N) is 1. The molecule has 1 atom stereocenters. The average Bonchev–Trinajstić information content (AvgIpc) is 2.59. The van der Waals surface area contributed by atoms with Gasteiger partial charge in [-0.2, -0.15) is 0 Å². The number of fused-ring (bicyclic) bond motifs is 1. The lowest BCUT2D eigenvalue weighted by atomic mass is 10.2.